The van der Waals surface area contributed by atoms with Gasteiger partial charge in [0.2, 0.25) is 0 Å². The van der Waals surface area contributed by atoms with Crippen molar-refractivity contribution in [2.45, 2.75) is 19.9 Å². The van der Waals surface area contributed by atoms with Crippen molar-refractivity contribution in [1.29, 1.82) is 0 Å². The molecule has 0 fully saturated rings. The average Bonchev–Trinajstić information content (AvgIpc) is 3.01. The van der Waals surface area contributed by atoms with Gasteiger partial charge in [-0.3, -0.25) is 0 Å². The van der Waals surface area contributed by atoms with Crippen molar-refractivity contribution in [3.8, 4) is 0 Å². The molecule has 3 rings (SSSR count). The molecule has 0 saturated heterocycles. The zero-order valence-electron chi connectivity index (χ0n) is 11.7. The van der Waals surface area contributed by atoms with E-state index in [0.717, 1.165) is 4.88 Å². The number of hydrogen-bond donors (Lipinski definition) is 1. The fourth-order valence-corrected chi connectivity index (χ4v) is 4.59. The highest BCUT2D eigenvalue weighted by Gasteiger charge is 2.21. The highest BCUT2D eigenvalue weighted by Crippen LogP contribution is 2.36. The van der Waals surface area contributed by atoms with Gasteiger partial charge >= 0.3 is 0 Å². The molecule has 0 aliphatic heterocycles. The van der Waals surface area contributed by atoms with Crippen LogP contribution in [-0.2, 0) is 0 Å². The Morgan fingerprint density at radius 1 is 1.14 bits per heavy atom. The van der Waals surface area contributed by atoms with Gasteiger partial charge in [0.1, 0.15) is 11.6 Å². The molecule has 1 atom stereocenters. The number of nitrogens with one attached hydrogen (secondary N) is 1. The van der Waals surface area contributed by atoms with Gasteiger partial charge in [-0.15, -0.1) is 22.7 Å². The lowest BCUT2D eigenvalue weighted by Gasteiger charge is -2.18. The first-order valence-electron chi connectivity index (χ1n) is 6.76. The van der Waals surface area contributed by atoms with E-state index < -0.39 is 0 Å². The van der Waals surface area contributed by atoms with E-state index in [2.05, 4.69) is 17.4 Å². The fraction of sp³-hybridized carbons (Fsp3) is 0.250. The Morgan fingerprint density at radius 3 is 2.67 bits per heavy atom. The van der Waals surface area contributed by atoms with Crippen LogP contribution in [0.2, 0.25) is 0 Å². The molecule has 1 aromatic carbocycles. The number of aryl methyl sites for hydroxylation is 1. The quantitative estimate of drug-likeness (QED) is 0.691. The molecule has 0 radical (unpaired) electrons. The van der Waals surface area contributed by atoms with Crippen molar-refractivity contribution in [2.75, 3.05) is 6.54 Å². The molecule has 1 N–H and O–H groups in total. The third-order valence-electron chi connectivity index (χ3n) is 3.44. The second-order valence-corrected chi connectivity index (χ2v) is 6.97. The minimum absolute atomic E-state index is 0.310. The second kappa shape index (κ2) is 5.83. The Labute approximate surface area is 130 Å². The summed E-state index contributed by atoms with van der Waals surface area (Å²) in [6.07, 6.45) is 0. The van der Waals surface area contributed by atoms with Crippen LogP contribution in [0.15, 0.2) is 29.6 Å². The molecule has 2 aromatic heterocycles. The summed E-state index contributed by atoms with van der Waals surface area (Å²) in [5.74, 6) is -0.732. The molecule has 1 nitrogen and oxygen atoms in total. The van der Waals surface area contributed by atoms with Crippen molar-refractivity contribution < 1.29 is 8.78 Å². The maximum Gasteiger partial charge on any atom is 0.128 e. The average molecular weight is 323 g/mol. The Hall–Kier alpha value is -1.30. The van der Waals surface area contributed by atoms with Crippen LogP contribution in [0.3, 0.4) is 0 Å². The molecule has 0 amide bonds. The molecule has 3 aromatic rings. The Bertz CT molecular complexity index is 747. The summed E-state index contributed by atoms with van der Waals surface area (Å²) in [5, 5.41) is 5.30. The number of hydrogen-bond acceptors (Lipinski definition) is 3. The van der Waals surface area contributed by atoms with Crippen LogP contribution in [0.4, 0.5) is 8.78 Å². The molecule has 2 heterocycles. The minimum atomic E-state index is -0.368. The summed E-state index contributed by atoms with van der Waals surface area (Å²) in [6.45, 7) is 4.22. The van der Waals surface area contributed by atoms with Crippen LogP contribution in [0.1, 0.15) is 29.0 Å². The SMILES string of the molecule is CCNC(c1cc2sccc2s1)c1cc(F)c(C)cc1F. The summed E-state index contributed by atoms with van der Waals surface area (Å²) in [4.78, 5) is 1.01. The van der Waals surface area contributed by atoms with E-state index in [1.54, 1.807) is 29.6 Å². The van der Waals surface area contributed by atoms with E-state index in [9.17, 15) is 8.78 Å². The van der Waals surface area contributed by atoms with Gasteiger partial charge in [-0.1, -0.05) is 6.92 Å². The molecule has 21 heavy (non-hydrogen) atoms. The zero-order chi connectivity index (χ0) is 15.0. The van der Waals surface area contributed by atoms with Gasteiger partial charge in [0.25, 0.3) is 0 Å². The highest BCUT2D eigenvalue weighted by atomic mass is 32.1. The number of benzene rings is 1. The van der Waals surface area contributed by atoms with Crippen LogP contribution in [-0.4, -0.2) is 6.54 Å². The lowest BCUT2D eigenvalue weighted by atomic mass is 10.0. The fourth-order valence-electron chi connectivity index (χ4n) is 2.38. The summed E-state index contributed by atoms with van der Waals surface area (Å²) >= 11 is 3.29. The van der Waals surface area contributed by atoms with Gasteiger partial charge in [0.15, 0.2) is 0 Å². The normalized spacial score (nSPS) is 13.0. The van der Waals surface area contributed by atoms with Crippen LogP contribution in [0.25, 0.3) is 9.40 Å². The molecule has 0 bridgehead atoms. The highest BCUT2D eigenvalue weighted by molar-refractivity contribution is 7.27. The van der Waals surface area contributed by atoms with Crippen molar-refractivity contribution >= 4 is 32.1 Å². The summed E-state index contributed by atoms with van der Waals surface area (Å²) in [7, 11) is 0. The zero-order valence-corrected chi connectivity index (χ0v) is 13.4. The molecule has 5 heteroatoms. The Balaban J connectivity index is 2.09. The number of fused-ring (bicyclic) bond motifs is 1. The molecule has 110 valence electrons. The van der Waals surface area contributed by atoms with Gasteiger partial charge in [0.05, 0.1) is 6.04 Å². The van der Waals surface area contributed by atoms with E-state index in [1.807, 2.05) is 12.3 Å². The summed E-state index contributed by atoms with van der Waals surface area (Å²) in [5.41, 5.74) is 0.701. The van der Waals surface area contributed by atoms with Crippen molar-refractivity contribution in [3.63, 3.8) is 0 Å². The summed E-state index contributed by atoms with van der Waals surface area (Å²) in [6, 6.07) is 6.39. The van der Waals surface area contributed by atoms with E-state index in [0.29, 0.717) is 17.7 Å². The van der Waals surface area contributed by atoms with Crippen LogP contribution in [0.5, 0.6) is 0 Å². The van der Waals surface area contributed by atoms with Gasteiger partial charge in [-0.25, -0.2) is 8.78 Å². The van der Waals surface area contributed by atoms with Gasteiger partial charge in [-0.2, -0.15) is 0 Å². The number of thiophene rings is 2. The van der Waals surface area contributed by atoms with Crippen molar-refractivity contribution in [2.24, 2.45) is 0 Å². The lowest BCUT2D eigenvalue weighted by Crippen LogP contribution is -2.22. The largest absolute Gasteiger partial charge is 0.306 e. The maximum absolute atomic E-state index is 14.3. The molecule has 0 aliphatic carbocycles. The molecule has 1 unspecified atom stereocenters. The minimum Gasteiger partial charge on any atom is -0.306 e. The smallest absolute Gasteiger partial charge is 0.128 e. The summed E-state index contributed by atoms with van der Waals surface area (Å²) < 4.78 is 30.5. The first-order chi connectivity index (χ1) is 10.1. The third kappa shape index (κ3) is 2.73. The molecule has 0 saturated carbocycles. The van der Waals surface area contributed by atoms with Crippen LogP contribution >= 0.6 is 22.7 Å². The topological polar surface area (TPSA) is 12.0 Å². The predicted octanol–water partition coefficient (Wildman–Crippen LogP) is 5.25. The van der Waals surface area contributed by atoms with E-state index in [1.165, 1.54) is 21.5 Å². The van der Waals surface area contributed by atoms with Gasteiger partial charge < -0.3 is 5.32 Å². The maximum atomic E-state index is 14.3. The molecule has 0 spiro atoms. The van der Waals surface area contributed by atoms with Crippen molar-refractivity contribution in [1.82, 2.24) is 5.32 Å². The van der Waals surface area contributed by atoms with E-state index >= 15 is 0 Å². The Kier molecular flexibility index (Phi) is 4.06. The lowest BCUT2D eigenvalue weighted by molar-refractivity contribution is 0.544. The molecular weight excluding hydrogens is 308 g/mol. The van der Waals surface area contributed by atoms with E-state index in [4.69, 9.17) is 0 Å². The standard InChI is InChI=1S/C16H15F2NS2/c1-3-19-16(10-7-11(17)9(2)6-12(10)18)15-8-14-13(21-15)4-5-20-14/h4-8,16,19H,3H2,1-2H3. The first-order valence-corrected chi connectivity index (χ1v) is 8.45. The van der Waals surface area contributed by atoms with Crippen molar-refractivity contribution in [3.05, 3.63) is 57.3 Å². The van der Waals surface area contributed by atoms with Gasteiger partial charge in [0, 0.05) is 19.8 Å². The first kappa shape index (κ1) is 14.6. The monoisotopic (exact) mass is 323 g/mol. The number of halogens is 2. The van der Waals surface area contributed by atoms with Crippen LogP contribution < -0.4 is 5.32 Å². The molecular formula is C16H15F2NS2. The predicted molar refractivity (Wildman–Crippen MR) is 86.3 cm³/mol. The second-order valence-electron chi connectivity index (χ2n) is 4.91. The Morgan fingerprint density at radius 2 is 1.95 bits per heavy atom. The van der Waals surface area contributed by atoms with Crippen LogP contribution in [0, 0.1) is 18.6 Å². The molecule has 0 aliphatic rings. The van der Waals surface area contributed by atoms with E-state index in [-0.39, 0.29) is 17.7 Å². The number of rotatable bonds is 4. The van der Waals surface area contributed by atoms with Gasteiger partial charge in [-0.05, 0) is 48.7 Å². The third-order valence-corrected chi connectivity index (χ3v) is 5.60.